The molecule has 132 valence electrons. The maximum Gasteiger partial charge on any atom is 0.416 e. The van der Waals surface area contributed by atoms with E-state index >= 15 is 0 Å². The zero-order chi connectivity index (χ0) is 18.4. The second-order valence-electron chi connectivity index (χ2n) is 6.04. The zero-order valence-corrected chi connectivity index (χ0v) is 14.1. The summed E-state index contributed by atoms with van der Waals surface area (Å²) >= 11 is 0. The molecule has 3 rings (SSSR count). The van der Waals surface area contributed by atoms with Gasteiger partial charge in [-0.1, -0.05) is 65.8 Å². The second-order valence-corrected chi connectivity index (χ2v) is 6.04. The van der Waals surface area contributed by atoms with Crippen molar-refractivity contribution < 1.29 is 14.3 Å². The predicted molar refractivity (Wildman–Crippen MR) is 95.2 cm³/mol. The summed E-state index contributed by atoms with van der Waals surface area (Å²) in [5.41, 5.74) is 10.7. The number of ether oxygens (including phenoxy) is 1. The monoisotopic (exact) mass is 350 g/mol. The van der Waals surface area contributed by atoms with Gasteiger partial charge in [-0.3, -0.25) is 4.79 Å². The summed E-state index contributed by atoms with van der Waals surface area (Å²) in [4.78, 5) is 28.9. The number of amides is 2. The van der Waals surface area contributed by atoms with Gasteiger partial charge in [-0.15, -0.1) is 0 Å². The third kappa shape index (κ3) is 4.02. The Bertz CT molecular complexity index is 819. The Hall–Kier alpha value is -3.31. The van der Waals surface area contributed by atoms with Crippen LogP contribution in [0.15, 0.2) is 65.8 Å². The molecule has 0 radical (unpaired) electrons. The molecule has 2 aromatic rings. The molecule has 1 fully saturated rings. The molecular weight excluding hydrogens is 332 g/mol. The van der Waals surface area contributed by atoms with Crippen molar-refractivity contribution in [2.24, 2.45) is 5.11 Å². The van der Waals surface area contributed by atoms with Gasteiger partial charge in [0.25, 0.3) is 0 Å². The normalized spacial score (nSPS) is 17.3. The van der Waals surface area contributed by atoms with E-state index in [2.05, 4.69) is 10.0 Å². The third-order valence-electron chi connectivity index (χ3n) is 4.26. The van der Waals surface area contributed by atoms with Gasteiger partial charge in [0.05, 0.1) is 6.04 Å². The van der Waals surface area contributed by atoms with Crippen molar-refractivity contribution in [1.82, 2.24) is 4.90 Å². The molecule has 0 bridgehead atoms. The fourth-order valence-electron chi connectivity index (χ4n) is 3.00. The number of nitrogens with zero attached hydrogens (tertiary/aromatic N) is 4. The molecule has 0 unspecified atom stereocenters. The van der Waals surface area contributed by atoms with Crippen molar-refractivity contribution in [3.63, 3.8) is 0 Å². The third-order valence-corrected chi connectivity index (χ3v) is 4.26. The Morgan fingerprint density at radius 1 is 1.15 bits per heavy atom. The van der Waals surface area contributed by atoms with Crippen LogP contribution in [0.2, 0.25) is 0 Å². The highest BCUT2D eigenvalue weighted by molar-refractivity contribution is 5.96. The minimum absolute atomic E-state index is 0.133. The van der Waals surface area contributed by atoms with Crippen LogP contribution in [0.3, 0.4) is 0 Å². The first-order valence-corrected chi connectivity index (χ1v) is 8.31. The zero-order valence-electron chi connectivity index (χ0n) is 14.1. The van der Waals surface area contributed by atoms with E-state index in [4.69, 9.17) is 10.3 Å². The van der Waals surface area contributed by atoms with Crippen molar-refractivity contribution in [2.45, 2.75) is 24.9 Å². The number of hydrogen-bond donors (Lipinski definition) is 0. The molecule has 0 saturated carbocycles. The smallest absolute Gasteiger partial charge is 0.416 e. The maximum absolute atomic E-state index is 12.9. The minimum atomic E-state index is -0.994. The molecule has 0 N–H and O–H groups in total. The number of imide groups is 1. The van der Waals surface area contributed by atoms with Crippen LogP contribution in [0.4, 0.5) is 4.79 Å². The van der Waals surface area contributed by atoms with Crippen molar-refractivity contribution in [2.75, 3.05) is 6.61 Å². The van der Waals surface area contributed by atoms with Crippen LogP contribution in [-0.4, -0.2) is 35.6 Å². The van der Waals surface area contributed by atoms with Gasteiger partial charge in [0.2, 0.25) is 5.91 Å². The summed E-state index contributed by atoms with van der Waals surface area (Å²) < 4.78 is 5.08. The van der Waals surface area contributed by atoms with E-state index in [-0.39, 0.29) is 13.0 Å². The Kier molecular flexibility index (Phi) is 5.51. The highest BCUT2D eigenvalue weighted by Gasteiger charge is 2.40. The van der Waals surface area contributed by atoms with Crippen LogP contribution in [0.25, 0.3) is 10.4 Å². The standard InChI is InChI=1S/C19H18N4O3/c20-22-21-17(12-15-9-5-2-6-10-15)18(24)23-16(13-26-19(23)25)11-14-7-3-1-4-8-14/h1-10,16-17H,11-13H2/t16-,17+/m0/s1. The molecule has 1 heterocycles. The van der Waals surface area contributed by atoms with Gasteiger partial charge < -0.3 is 4.74 Å². The molecule has 0 aromatic heterocycles. The molecule has 26 heavy (non-hydrogen) atoms. The van der Waals surface area contributed by atoms with Crippen molar-refractivity contribution >= 4 is 12.0 Å². The lowest BCUT2D eigenvalue weighted by molar-refractivity contribution is -0.130. The first-order valence-electron chi connectivity index (χ1n) is 8.31. The summed E-state index contributed by atoms with van der Waals surface area (Å²) in [6, 6.07) is 17.4. The Morgan fingerprint density at radius 3 is 2.38 bits per heavy atom. The first kappa shape index (κ1) is 17.5. The largest absolute Gasteiger partial charge is 0.447 e. The van der Waals surface area contributed by atoms with Gasteiger partial charge in [0, 0.05) is 4.91 Å². The quantitative estimate of drug-likeness (QED) is 0.453. The van der Waals surface area contributed by atoms with Gasteiger partial charge in [-0.05, 0) is 29.5 Å². The fourth-order valence-corrected chi connectivity index (χ4v) is 3.00. The van der Waals surface area contributed by atoms with Crippen LogP contribution in [-0.2, 0) is 22.4 Å². The van der Waals surface area contributed by atoms with Gasteiger partial charge in [0.15, 0.2) is 0 Å². The predicted octanol–water partition coefficient (Wildman–Crippen LogP) is 3.50. The highest BCUT2D eigenvalue weighted by Crippen LogP contribution is 2.20. The number of cyclic esters (lactones) is 1. The van der Waals surface area contributed by atoms with Gasteiger partial charge in [-0.2, -0.15) is 0 Å². The summed E-state index contributed by atoms with van der Waals surface area (Å²) in [6.45, 7) is 0.133. The number of hydrogen-bond acceptors (Lipinski definition) is 4. The van der Waals surface area contributed by atoms with Crippen molar-refractivity contribution in [1.29, 1.82) is 0 Å². The lowest BCUT2D eigenvalue weighted by Gasteiger charge is -2.22. The molecule has 7 nitrogen and oxygen atoms in total. The van der Waals surface area contributed by atoms with Crippen molar-refractivity contribution in [3.05, 3.63) is 82.2 Å². The first-order chi connectivity index (χ1) is 12.7. The van der Waals surface area contributed by atoms with E-state index in [0.717, 1.165) is 16.0 Å². The van der Waals surface area contributed by atoms with Crippen LogP contribution >= 0.6 is 0 Å². The molecule has 7 heteroatoms. The number of rotatable bonds is 6. The lowest BCUT2D eigenvalue weighted by atomic mass is 10.0. The Labute approximate surface area is 150 Å². The summed E-state index contributed by atoms with van der Waals surface area (Å²) in [6.07, 6.45) is 0.0280. The van der Waals surface area contributed by atoms with E-state index in [9.17, 15) is 9.59 Å². The molecular formula is C19H18N4O3. The highest BCUT2D eigenvalue weighted by atomic mass is 16.6. The van der Waals surface area contributed by atoms with Crippen LogP contribution in [0.5, 0.6) is 0 Å². The minimum Gasteiger partial charge on any atom is -0.447 e. The van der Waals surface area contributed by atoms with Crippen molar-refractivity contribution in [3.8, 4) is 0 Å². The van der Waals surface area contributed by atoms with E-state index in [1.54, 1.807) is 0 Å². The molecule has 2 atom stereocenters. The summed E-state index contributed by atoms with van der Waals surface area (Å²) in [5, 5.41) is 3.62. The number of azide groups is 1. The maximum atomic E-state index is 12.9. The van der Waals surface area contributed by atoms with Crippen LogP contribution < -0.4 is 0 Å². The molecule has 2 amide bonds. The van der Waals surface area contributed by atoms with Gasteiger partial charge in [-0.25, -0.2) is 9.69 Å². The molecule has 0 aliphatic carbocycles. The van der Waals surface area contributed by atoms with Crippen LogP contribution in [0, 0.1) is 0 Å². The average molecular weight is 350 g/mol. The van der Waals surface area contributed by atoms with E-state index < -0.39 is 24.1 Å². The van der Waals surface area contributed by atoms with E-state index in [0.29, 0.717) is 6.42 Å². The Balaban J connectivity index is 1.79. The number of benzene rings is 2. The molecule has 0 spiro atoms. The molecule has 1 saturated heterocycles. The average Bonchev–Trinajstić information content (AvgIpc) is 3.02. The number of carbonyl (C=O) groups excluding carboxylic acids is 2. The lowest BCUT2D eigenvalue weighted by Crippen LogP contribution is -2.45. The summed E-state index contributed by atoms with van der Waals surface area (Å²) in [7, 11) is 0. The topological polar surface area (TPSA) is 95.4 Å². The van der Waals surface area contributed by atoms with E-state index in [1.165, 1.54) is 0 Å². The molecule has 2 aromatic carbocycles. The second kappa shape index (κ2) is 8.18. The van der Waals surface area contributed by atoms with Gasteiger partial charge in [0.1, 0.15) is 12.6 Å². The van der Waals surface area contributed by atoms with Gasteiger partial charge >= 0.3 is 6.09 Å². The molecule has 1 aliphatic rings. The Morgan fingerprint density at radius 2 is 1.77 bits per heavy atom. The summed E-state index contributed by atoms with van der Waals surface area (Å²) in [5.74, 6) is -0.532. The SMILES string of the molecule is [N-]=[N+]=N[C@H](Cc1ccccc1)C(=O)N1C(=O)OC[C@@H]1Cc1ccccc1. The number of carbonyl (C=O) groups is 2. The van der Waals surface area contributed by atoms with E-state index in [1.807, 2.05) is 60.7 Å². The fraction of sp³-hybridized carbons (Fsp3) is 0.263. The molecule has 1 aliphatic heterocycles. The van der Waals surface area contributed by atoms with Crippen LogP contribution in [0.1, 0.15) is 11.1 Å².